The molecule has 1 saturated carbocycles. The molecule has 3 aromatic rings. The summed E-state index contributed by atoms with van der Waals surface area (Å²) in [6.07, 6.45) is -6.78. The molecule has 15 nitrogen and oxygen atoms in total. The van der Waals surface area contributed by atoms with Crippen LogP contribution in [0.1, 0.15) is 99.3 Å². The first kappa shape index (κ1) is 45.4. The van der Waals surface area contributed by atoms with Gasteiger partial charge in [-0.15, -0.1) is 5.10 Å². The highest BCUT2D eigenvalue weighted by atomic mass is 19.4. The molecular weight excluding hydrogens is 820 g/mol. The van der Waals surface area contributed by atoms with Crippen molar-refractivity contribution < 1.29 is 65.3 Å². The summed E-state index contributed by atoms with van der Waals surface area (Å²) in [4.78, 5) is 69.8. The summed E-state index contributed by atoms with van der Waals surface area (Å²) in [7, 11) is 0. The second kappa shape index (κ2) is 17.0. The van der Waals surface area contributed by atoms with E-state index >= 15 is 0 Å². The number of hydrogen-bond acceptors (Lipinski definition) is 10. The molecule has 3 aliphatic rings. The van der Waals surface area contributed by atoms with E-state index in [9.17, 15) is 60.5 Å². The minimum atomic E-state index is -6.10. The predicted octanol–water partition coefficient (Wildman–Crippen LogP) is 3.60. The van der Waals surface area contributed by atoms with Crippen LogP contribution in [0.2, 0.25) is 0 Å². The van der Waals surface area contributed by atoms with Gasteiger partial charge in [-0.05, 0) is 55.2 Å². The predicted molar refractivity (Wildman–Crippen MR) is 202 cm³/mol. The van der Waals surface area contributed by atoms with E-state index in [-0.39, 0.29) is 73.4 Å². The molecule has 6 rings (SSSR count). The summed E-state index contributed by atoms with van der Waals surface area (Å²) >= 11 is 0. The molecule has 0 spiro atoms. The number of amides is 4. The Morgan fingerprint density at radius 1 is 0.934 bits per heavy atom. The fourth-order valence-electron chi connectivity index (χ4n) is 8.64. The number of nitrogens with two attached hydrogens (primary N) is 1. The lowest BCUT2D eigenvalue weighted by molar-refractivity contribution is -0.376. The van der Waals surface area contributed by atoms with E-state index in [1.807, 2.05) is 0 Å². The van der Waals surface area contributed by atoms with Crippen LogP contribution >= 0.6 is 0 Å². The number of carbonyl (C=O) groups is 5. The molecule has 1 aromatic heterocycles. The molecule has 2 saturated heterocycles. The van der Waals surface area contributed by atoms with Crippen LogP contribution in [-0.4, -0.2) is 109 Å². The van der Waals surface area contributed by atoms with Crippen LogP contribution in [0.4, 0.5) is 26.3 Å². The lowest BCUT2D eigenvalue weighted by atomic mass is 9.84. The third kappa shape index (κ3) is 9.09. The average molecular weight is 868 g/mol. The summed E-state index contributed by atoms with van der Waals surface area (Å²) in [5, 5.41) is 34.2. The largest absolute Gasteiger partial charge is 0.430 e. The number of Topliss-reactive ketones (excluding diaryl/α,β-unsaturated/α-hetero) is 1. The first-order valence-electron chi connectivity index (χ1n) is 19.9. The SMILES string of the molecule is CC(C)(O)c1cnnn1[C@H]1C[C@@H](C(=O)NC2(C(=O)C(N)=O)CCOCC2)N(C(=O)[C@@H](CC2CCCCC2)NC(=O)c2ccc3cc(C(O)(C(F)(F)F)C(F)(F)F)ccc3c2)C1. The van der Waals surface area contributed by atoms with E-state index < -0.39 is 82.2 Å². The summed E-state index contributed by atoms with van der Waals surface area (Å²) in [6.45, 7) is 2.89. The van der Waals surface area contributed by atoms with E-state index in [0.29, 0.717) is 12.1 Å². The number of aliphatic hydroxyl groups is 2. The zero-order chi connectivity index (χ0) is 44.7. The van der Waals surface area contributed by atoms with E-state index in [4.69, 9.17) is 10.5 Å². The maximum Gasteiger partial charge on any atom is 0.430 e. The normalized spacial score (nSPS) is 20.9. The van der Waals surface area contributed by atoms with Crippen LogP contribution in [0.25, 0.3) is 10.8 Å². The van der Waals surface area contributed by atoms with Crippen LogP contribution in [0.5, 0.6) is 0 Å². The second-order valence-corrected chi connectivity index (χ2v) is 16.6. The molecule has 61 heavy (non-hydrogen) atoms. The number of primary amides is 1. The third-order valence-corrected chi connectivity index (χ3v) is 12.0. The smallest absolute Gasteiger partial charge is 0.384 e. The maximum absolute atomic E-state index is 14.9. The van der Waals surface area contributed by atoms with Crippen LogP contribution in [0.15, 0.2) is 42.6 Å². The van der Waals surface area contributed by atoms with Crippen LogP contribution in [-0.2, 0) is 35.1 Å². The number of nitrogens with zero attached hydrogens (tertiary/aromatic N) is 4. The molecule has 6 N–H and O–H groups in total. The van der Waals surface area contributed by atoms with Gasteiger partial charge in [-0.1, -0.05) is 55.5 Å². The van der Waals surface area contributed by atoms with Crippen molar-refractivity contribution in [2.75, 3.05) is 19.8 Å². The number of benzene rings is 2. The van der Waals surface area contributed by atoms with Crippen LogP contribution < -0.4 is 16.4 Å². The first-order valence-corrected chi connectivity index (χ1v) is 19.9. The molecular formula is C40H47F6N7O8. The van der Waals surface area contributed by atoms with Gasteiger partial charge in [-0.25, -0.2) is 4.68 Å². The van der Waals surface area contributed by atoms with Gasteiger partial charge in [0.25, 0.3) is 17.4 Å². The van der Waals surface area contributed by atoms with Gasteiger partial charge in [-0.2, -0.15) is 26.3 Å². The third-order valence-electron chi connectivity index (χ3n) is 12.0. The lowest BCUT2D eigenvalue weighted by Crippen LogP contribution is -2.64. The topological polar surface area (TPSA) is 219 Å². The Bertz CT molecular complexity index is 2140. The maximum atomic E-state index is 14.9. The van der Waals surface area contributed by atoms with Crippen molar-refractivity contribution in [1.29, 1.82) is 0 Å². The first-order chi connectivity index (χ1) is 28.5. The number of nitrogens with one attached hydrogen (secondary N) is 2. The van der Waals surface area contributed by atoms with E-state index in [1.165, 1.54) is 35.7 Å². The fraction of sp³-hybridized carbons (Fsp3) is 0.575. The Labute approximate surface area is 345 Å². The number of likely N-dealkylation sites (tertiary alicyclic amines) is 1. The van der Waals surface area contributed by atoms with Crippen LogP contribution in [0.3, 0.4) is 0 Å². The van der Waals surface area contributed by atoms with Crippen molar-refractivity contribution in [1.82, 2.24) is 30.5 Å². The molecule has 21 heteroatoms. The lowest BCUT2D eigenvalue weighted by Gasteiger charge is -2.37. The van der Waals surface area contributed by atoms with Crippen molar-refractivity contribution in [3.05, 3.63) is 59.4 Å². The van der Waals surface area contributed by atoms with Gasteiger partial charge in [0.1, 0.15) is 23.2 Å². The molecule has 3 heterocycles. The van der Waals surface area contributed by atoms with Gasteiger partial charge in [0.05, 0.1) is 17.9 Å². The van der Waals surface area contributed by atoms with E-state index in [1.54, 1.807) is 0 Å². The Morgan fingerprint density at radius 3 is 2.16 bits per heavy atom. The zero-order valence-corrected chi connectivity index (χ0v) is 33.3. The fourth-order valence-corrected chi connectivity index (χ4v) is 8.64. The Kier molecular flexibility index (Phi) is 12.6. The minimum Gasteiger partial charge on any atom is -0.384 e. The molecule has 3 atom stereocenters. The number of rotatable bonds is 12. The molecule has 3 fully saturated rings. The van der Waals surface area contributed by atoms with E-state index in [0.717, 1.165) is 50.3 Å². The number of alkyl halides is 6. The summed E-state index contributed by atoms with van der Waals surface area (Å²) < 4.78 is 88.4. The van der Waals surface area contributed by atoms with Crippen molar-refractivity contribution in [2.45, 2.75) is 119 Å². The number of ketones is 1. The molecule has 332 valence electrons. The number of fused-ring (bicyclic) bond motifs is 1. The van der Waals surface area contributed by atoms with Gasteiger partial charge >= 0.3 is 12.4 Å². The van der Waals surface area contributed by atoms with E-state index in [2.05, 4.69) is 20.9 Å². The van der Waals surface area contributed by atoms with Gasteiger partial charge in [0, 0.05) is 50.1 Å². The number of hydrogen-bond donors (Lipinski definition) is 5. The number of aromatic nitrogens is 3. The Morgan fingerprint density at radius 2 is 1.56 bits per heavy atom. The molecule has 2 aromatic carbocycles. The highest BCUT2D eigenvalue weighted by molar-refractivity contribution is 6.39. The molecule has 4 amide bonds. The summed E-state index contributed by atoms with van der Waals surface area (Å²) in [5.41, 5.74) is -4.23. The van der Waals surface area contributed by atoms with Gasteiger partial charge in [0.15, 0.2) is 0 Å². The Balaban J connectivity index is 1.33. The highest BCUT2D eigenvalue weighted by Gasteiger charge is 2.71. The van der Waals surface area contributed by atoms with Gasteiger partial charge in [-0.3, -0.25) is 24.0 Å². The zero-order valence-electron chi connectivity index (χ0n) is 33.3. The van der Waals surface area contributed by atoms with Gasteiger partial charge < -0.3 is 36.2 Å². The minimum absolute atomic E-state index is 0.0257. The second-order valence-electron chi connectivity index (χ2n) is 16.6. The Hall–Kier alpha value is -5.15. The van der Waals surface area contributed by atoms with Crippen LogP contribution in [0, 0.1) is 5.92 Å². The molecule has 0 bridgehead atoms. The molecule has 0 unspecified atom stereocenters. The summed E-state index contributed by atoms with van der Waals surface area (Å²) in [5.74, 6) is -4.63. The van der Waals surface area contributed by atoms with Gasteiger partial charge in [0.2, 0.25) is 17.6 Å². The molecule has 0 radical (unpaired) electrons. The van der Waals surface area contributed by atoms with Crippen molar-refractivity contribution in [2.24, 2.45) is 11.7 Å². The highest BCUT2D eigenvalue weighted by Crippen LogP contribution is 2.50. The summed E-state index contributed by atoms with van der Waals surface area (Å²) in [6, 6.07) is 2.07. The quantitative estimate of drug-likeness (QED) is 0.132. The van der Waals surface area contributed by atoms with Crippen molar-refractivity contribution >= 4 is 40.2 Å². The number of halogens is 6. The monoisotopic (exact) mass is 867 g/mol. The average Bonchev–Trinajstić information content (AvgIpc) is 3.88. The number of ether oxygens (including phenoxy) is 1. The van der Waals surface area contributed by atoms with Crippen molar-refractivity contribution in [3.63, 3.8) is 0 Å². The standard InChI is InChI=1S/C40H47F6N7O8/c1-36(2,59)30-20-48-51-53(30)27-19-29(34(57)50-37(31(54)32(47)55)12-14-61-15-13-37)52(21-27)35(58)28(16-22-6-4-3-5-7-22)49-33(56)25-9-8-24-18-26(11-10-23(24)17-25)38(60,39(41,42)43)40(44,45)46/h8-11,17-18,20,22,27-29,59-60H,3-7,12-16,19,21H2,1-2H3,(H2,47,55)(H,49,56)(H,50,57)/t27-,28+,29-/m0/s1. The molecule has 2 aliphatic heterocycles. The van der Waals surface area contributed by atoms with Crippen molar-refractivity contribution in [3.8, 4) is 0 Å². The molecule has 1 aliphatic carbocycles. The number of carbonyl (C=O) groups excluding carboxylic acids is 5.